The molecule has 0 atom stereocenters. The number of hydrogen-bond donors (Lipinski definition) is 1. The first-order valence-corrected chi connectivity index (χ1v) is 4.75. The van der Waals surface area contributed by atoms with Crippen molar-refractivity contribution in [3.63, 3.8) is 0 Å². The molecule has 10 heavy (non-hydrogen) atoms. The zero-order valence-electron chi connectivity index (χ0n) is 6.04. The summed E-state index contributed by atoms with van der Waals surface area (Å²) in [5.74, 6) is -0.181. The largest absolute Gasteiger partial charge is 0.481 e. The standard InChI is InChI=1S/C7H12O2S/c1-10-6-2-5(3-6)4-7(8)9/h5-6H,2-4H2,1H3,(H,8,9). The third kappa shape index (κ3) is 1.90. The zero-order valence-corrected chi connectivity index (χ0v) is 6.86. The van der Waals surface area contributed by atoms with Gasteiger partial charge in [0.25, 0.3) is 0 Å². The number of hydrogen-bond acceptors (Lipinski definition) is 2. The van der Waals surface area contributed by atoms with E-state index in [1.807, 2.05) is 11.8 Å². The normalized spacial score (nSPS) is 31.3. The van der Waals surface area contributed by atoms with Gasteiger partial charge in [0.15, 0.2) is 0 Å². The summed E-state index contributed by atoms with van der Waals surface area (Å²) in [4.78, 5) is 10.2. The monoisotopic (exact) mass is 160 g/mol. The quantitative estimate of drug-likeness (QED) is 0.681. The van der Waals surface area contributed by atoms with Crippen molar-refractivity contribution in [1.82, 2.24) is 0 Å². The van der Waals surface area contributed by atoms with Crippen LogP contribution in [0.5, 0.6) is 0 Å². The van der Waals surface area contributed by atoms with Crippen LogP contribution in [0.1, 0.15) is 19.3 Å². The SMILES string of the molecule is CSC1CC(CC(=O)O)C1. The Labute approximate surface area is 65.0 Å². The third-order valence-electron chi connectivity index (χ3n) is 1.99. The molecule has 3 heteroatoms. The van der Waals surface area contributed by atoms with Gasteiger partial charge in [-0.25, -0.2) is 0 Å². The summed E-state index contributed by atoms with van der Waals surface area (Å²) in [5, 5.41) is 9.14. The highest BCUT2D eigenvalue weighted by Crippen LogP contribution is 2.37. The van der Waals surface area contributed by atoms with Crippen LogP contribution >= 0.6 is 11.8 Å². The molecular weight excluding hydrogens is 148 g/mol. The number of thioether (sulfide) groups is 1. The van der Waals surface area contributed by atoms with Gasteiger partial charge in [-0.15, -0.1) is 0 Å². The molecular formula is C7H12O2S. The zero-order chi connectivity index (χ0) is 7.56. The van der Waals surface area contributed by atoms with Gasteiger partial charge in [0.1, 0.15) is 0 Å². The van der Waals surface area contributed by atoms with Crippen LogP contribution in [0.3, 0.4) is 0 Å². The van der Waals surface area contributed by atoms with Crippen LogP contribution in [0.15, 0.2) is 0 Å². The maximum atomic E-state index is 10.2. The fraction of sp³-hybridized carbons (Fsp3) is 0.857. The second-order valence-corrected chi connectivity index (χ2v) is 3.93. The number of aliphatic carboxylic acids is 1. The molecule has 1 N–H and O–H groups in total. The van der Waals surface area contributed by atoms with Gasteiger partial charge < -0.3 is 5.11 Å². The van der Waals surface area contributed by atoms with Crippen LogP contribution in [0.4, 0.5) is 0 Å². The van der Waals surface area contributed by atoms with E-state index in [9.17, 15) is 4.79 Å². The van der Waals surface area contributed by atoms with Crippen molar-refractivity contribution >= 4 is 17.7 Å². The van der Waals surface area contributed by atoms with Crippen LogP contribution in [0.25, 0.3) is 0 Å². The first kappa shape index (κ1) is 7.92. The van der Waals surface area contributed by atoms with Crippen molar-refractivity contribution in [1.29, 1.82) is 0 Å². The molecule has 58 valence electrons. The first-order chi connectivity index (χ1) is 4.72. The fourth-order valence-corrected chi connectivity index (χ4v) is 2.21. The predicted molar refractivity (Wildman–Crippen MR) is 42.3 cm³/mol. The Kier molecular flexibility index (Phi) is 2.60. The lowest BCUT2D eigenvalue weighted by Crippen LogP contribution is -2.27. The van der Waals surface area contributed by atoms with Gasteiger partial charge in [0.05, 0.1) is 0 Å². The lowest BCUT2D eigenvalue weighted by Gasteiger charge is -2.32. The Morgan fingerprint density at radius 3 is 2.70 bits per heavy atom. The van der Waals surface area contributed by atoms with Crippen LogP contribution in [-0.4, -0.2) is 22.6 Å². The van der Waals surface area contributed by atoms with Crippen LogP contribution in [-0.2, 0) is 4.79 Å². The molecule has 0 aromatic heterocycles. The van der Waals surface area contributed by atoms with Crippen molar-refractivity contribution in [2.24, 2.45) is 5.92 Å². The van der Waals surface area contributed by atoms with Gasteiger partial charge in [-0.2, -0.15) is 11.8 Å². The van der Waals surface area contributed by atoms with Crippen LogP contribution in [0.2, 0.25) is 0 Å². The van der Waals surface area contributed by atoms with Crippen molar-refractivity contribution in [3.05, 3.63) is 0 Å². The molecule has 0 aromatic carbocycles. The Balaban J connectivity index is 2.08. The fourth-order valence-electron chi connectivity index (χ4n) is 1.28. The third-order valence-corrected chi connectivity index (χ3v) is 3.04. The maximum Gasteiger partial charge on any atom is 0.303 e. The summed E-state index contributed by atoms with van der Waals surface area (Å²) in [6, 6.07) is 0. The molecule has 0 unspecified atom stereocenters. The Morgan fingerprint density at radius 2 is 2.30 bits per heavy atom. The molecule has 0 aromatic rings. The van der Waals surface area contributed by atoms with E-state index >= 15 is 0 Å². The molecule has 0 heterocycles. The second-order valence-electron chi connectivity index (χ2n) is 2.79. The number of rotatable bonds is 3. The lowest BCUT2D eigenvalue weighted by atomic mass is 9.82. The summed E-state index contributed by atoms with van der Waals surface area (Å²) in [5.41, 5.74) is 0. The molecule has 0 amide bonds. The lowest BCUT2D eigenvalue weighted by molar-refractivity contribution is -0.138. The van der Waals surface area contributed by atoms with Crippen molar-refractivity contribution in [2.75, 3.05) is 6.26 Å². The highest BCUT2D eigenvalue weighted by molar-refractivity contribution is 7.99. The van der Waals surface area contributed by atoms with E-state index in [1.165, 1.54) is 0 Å². The molecule has 0 radical (unpaired) electrons. The molecule has 1 rings (SSSR count). The Hall–Kier alpha value is -0.180. The summed E-state index contributed by atoms with van der Waals surface area (Å²) in [6.07, 6.45) is 4.67. The topological polar surface area (TPSA) is 37.3 Å². The van der Waals surface area contributed by atoms with Gasteiger partial charge in [-0.3, -0.25) is 4.79 Å². The van der Waals surface area contributed by atoms with Crippen LogP contribution < -0.4 is 0 Å². The van der Waals surface area contributed by atoms with E-state index in [1.54, 1.807) is 0 Å². The van der Waals surface area contributed by atoms with E-state index in [2.05, 4.69) is 6.26 Å². The molecule has 0 spiro atoms. The summed E-state index contributed by atoms with van der Waals surface area (Å²) in [7, 11) is 0. The molecule has 1 saturated carbocycles. The molecule has 0 aliphatic heterocycles. The molecule has 1 aliphatic rings. The van der Waals surface area contributed by atoms with Gasteiger partial charge in [-0.05, 0) is 25.0 Å². The number of carboxylic acids is 1. The second kappa shape index (κ2) is 3.28. The minimum absolute atomic E-state index is 0.372. The van der Waals surface area contributed by atoms with Gasteiger partial charge in [0, 0.05) is 11.7 Å². The van der Waals surface area contributed by atoms with Crippen LogP contribution in [0, 0.1) is 5.92 Å². The average Bonchev–Trinajstić information content (AvgIpc) is 1.76. The van der Waals surface area contributed by atoms with Crippen molar-refractivity contribution in [2.45, 2.75) is 24.5 Å². The van der Waals surface area contributed by atoms with E-state index in [0.717, 1.165) is 18.1 Å². The van der Waals surface area contributed by atoms with Gasteiger partial charge in [-0.1, -0.05) is 0 Å². The summed E-state index contributed by atoms with van der Waals surface area (Å²) in [6.45, 7) is 0. The summed E-state index contributed by atoms with van der Waals surface area (Å²) >= 11 is 1.85. The van der Waals surface area contributed by atoms with E-state index in [4.69, 9.17) is 5.11 Å². The highest BCUT2D eigenvalue weighted by Gasteiger charge is 2.29. The molecule has 1 aliphatic carbocycles. The first-order valence-electron chi connectivity index (χ1n) is 3.47. The van der Waals surface area contributed by atoms with E-state index in [0.29, 0.717) is 12.3 Å². The number of carbonyl (C=O) groups is 1. The smallest absolute Gasteiger partial charge is 0.303 e. The average molecular weight is 160 g/mol. The van der Waals surface area contributed by atoms with Crippen molar-refractivity contribution in [3.8, 4) is 0 Å². The Morgan fingerprint density at radius 1 is 1.70 bits per heavy atom. The maximum absolute atomic E-state index is 10.2. The molecule has 1 fully saturated rings. The minimum atomic E-state index is -0.649. The summed E-state index contributed by atoms with van der Waals surface area (Å²) < 4.78 is 0. The van der Waals surface area contributed by atoms with Gasteiger partial charge >= 0.3 is 5.97 Å². The van der Waals surface area contributed by atoms with E-state index in [-0.39, 0.29) is 0 Å². The molecule has 0 saturated heterocycles. The highest BCUT2D eigenvalue weighted by atomic mass is 32.2. The van der Waals surface area contributed by atoms with Crippen molar-refractivity contribution < 1.29 is 9.90 Å². The number of carboxylic acid groups (broad SMARTS) is 1. The molecule has 2 nitrogen and oxygen atoms in total. The molecule has 0 bridgehead atoms. The minimum Gasteiger partial charge on any atom is -0.481 e. The van der Waals surface area contributed by atoms with Gasteiger partial charge in [0.2, 0.25) is 0 Å². The Bertz CT molecular complexity index is 130. The van der Waals surface area contributed by atoms with E-state index < -0.39 is 5.97 Å². The predicted octanol–water partition coefficient (Wildman–Crippen LogP) is 1.60.